The van der Waals surface area contributed by atoms with Gasteiger partial charge >= 0.3 is 0 Å². The van der Waals surface area contributed by atoms with Gasteiger partial charge in [0.1, 0.15) is 0 Å². The first-order chi connectivity index (χ1) is 5.16. The fourth-order valence-corrected chi connectivity index (χ4v) is 0.783. The van der Waals surface area contributed by atoms with Gasteiger partial charge in [-0.25, -0.2) is 0 Å². The molecule has 0 aliphatic rings. The maximum atomic E-state index is 5.51. The van der Waals surface area contributed by atoms with Crippen LogP contribution in [0.5, 0.6) is 0 Å². The number of hydrogen-bond donors (Lipinski definition) is 0. The van der Waals surface area contributed by atoms with Gasteiger partial charge in [0.05, 0.1) is 6.10 Å². The van der Waals surface area contributed by atoms with E-state index in [0.29, 0.717) is 6.10 Å². The van der Waals surface area contributed by atoms with Crippen molar-refractivity contribution >= 4 is 0 Å². The van der Waals surface area contributed by atoms with Gasteiger partial charge in [-0.2, -0.15) is 0 Å². The van der Waals surface area contributed by atoms with Gasteiger partial charge in [0, 0.05) is 6.61 Å². The van der Waals surface area contributed by atoms with E-state index in [4.69, 9.17) is 4.74 Å². The monoisotopic (exact) mass is 159 g/mol. The third-order valence-corrected chi connectivity index (χ3v) is 1.73. The van der Waals surface area contributed by atoms with Crippen molar-refractivity contribution in [1.29, 1.82) is 0 Å². The van der Waals surface area contributed by atoms with E-state index in [-0.39, 0.29) is 0 Å². The molecule has 1 unspecified atom stereocenters. The van der Waals surface area contributed by atoms with E-state index in [1.54, 1.807) is 0 Å². The summed E-state index contributed by atoms with van der Waals surface area (Å²) in [6.07, 6.45) is 2.68. The van der Waals surface area contributed by atoms with Crippen molar-refractivity contribution in [2.45, 2.75) is 32.8 Å². The van der Waals surface area contributed by atoms with E-state index in [1.165, 1.54) is 0 Å². The Labute approximate surface area is 70.5 Å². The summed E-state index contributed by atoms with van der Waals surface area (Å²) in [4.78, 5) is 2.18. The second-order valence-electron chi connectivity index (χ2n) is 3.25. The molecule has 0 spiro atoms. The highest BCUT2D eigenvalue weighted by atomic mass is 16.5. The molecular formula is C9H21NO. The Morgan fingerprint density at radius 1 is 1.36 bits per heavy atom. The van der Waals surface area contributed by atoms with E-state index in [2.05, 4.69) is 32.8 Å². The zero-order chi connectivity index (χ0) is 8.69. The van der Waals surface area contributed by atoms with Gasteiger partial charge in [0.2, 0.25) is 0 Å². The van der Waals surface area contributed by atoms with Crippen LogP contribution in [-0.2, 0) is 4.74 Å². The predicted molar refractivity (Wildman–Crippen MR) is 48.9 cm³/mol. The van der Waals surface area contributed by atoms with Crippen molar-refractivity contribution in [3.05, 3.63) is 0 Å². The quantitative estimate of drug-likeness (QED) is 0.547. The van der Waals surface area contributed by atoms with Crippen LogP contribution in [0.3, 0.4) is 0 Å². The summed E-state index contributed by atoms with van der Waals surface area (Å²) in [7, 11) is 4.17. The fourth-order valence-electron chi connectivity index (χ4n) is 0.783. The molecule has 1 atom stereocenters. The van der Waals surface area contributed by atoms with Gasteiger partial charge in [-0.15, -0.1) is 0 Å². The standard InChI is InChI=1S/C9H21NO/c1-5-9(2)11-8-6-7-10(3)4/h9H,5-8H2,1-4H3. The molecule has 0 bridgehead atoms. The first-order valence-electron chi connectivity index (χ1n) is 4.43. The van der Waals surface area contributed by atoms with Gasteiger partial charge in [0.25, 0.3) is 0 Å². The third-order valence-electron chi connectivity index (χ3n) is 1.73. The Balaban J connectivity index is 3.01. The Bertz CT molecular complexity index is 83.6. The molecule has 0 saturated carbocycles. The Morgan fingerprint density at radius 3 is 2.45 bits per heavy atom. The molecule has 0 saturated heterocycles. The van der Waals surface area contributed by atoms with Crippen LogP contribution in [0.2, 0.25) is 0 Å². The zero-order valence-electron chi connectivity index (χ0n) is 8.26. The van der Waals surface area contributed by atoms with Gasteiger partial charge in [-0.05, 0) is 40.4 Å². The largest absolute Gasteiger partial charge is 0.378 e. The highest BCUT2D eigenvalue weighted by Gasteiger charge is 1.97. The van der Waals surface area contributed by atoms with Crippen molar-refractivity contribution in [2.24, 2.45) is 0 Å². The molecule has 0 aromatic heterocycles. The van der Waals surface area contributed by atoms with E-state index >= 15 is 0 Å². The van der Waals surface area contributed by atoms with Crippen LogP contribution in [-0.4, -0.2) is 38.3 Å². The molecule has 0 heterocycles. The predicted octanol–water partition coefficient (Wildman–Crippen LogP) is 1.75. The van der Waals surface area contributed by atoms with Gasteiger partial charge in [-0.1, -0.05) is 6.92 Å². The first kappa shape index (κ1) is 10.9. The van der Waals surface area contributed by atoms with Crippen molar-refractivity contribution < 1.29 is 4.74 Å². The Kier molecular flexibility index (Phi) is 6.57. The van der Waals surface area contributed by atoms with Crippen molar-refractivity contribution in [1.82, 2.24) is 4.90 Å². The lowest BCUT2D eigenvalue weighted by Gasteiger charge is -2.12. The molecule has 0 aliphatic heterocycles. The third kappa shape index (κ3) is 7.82. The second kappa shape index (κ2) is 6.62. The van der Waals surface area contributed by atoms with Crippen LogP contribution in [0.1, 0.15) is 26.7 Å². The molecule has 0 rings (SSSR count). The molecule has 0 amide bonds. The lowest BCUT2D eigenvalue weighted by Crippen LogP contribution is -2.16. The molecule has 0 radical (unpaired) electrons. The molecule has 68 valence electrons. The summed E-state index contributed by atoms with van der Waals surface area (Å²) in [5.74, 6) is 0. The Hall–Kier alpha value is -0.0800. The summed E-state index contributed by atoms with van der Waals surface area (Å²) in [5.41, 5.74) is 0. The molecule has 0 aliphatic carbocycles. The average molecular weight is 159 g/mol. The van der Waals surface area contributed by atoms with Crippen molar-refractivity contribution in [3.63, 3.8) is 0 Å². The van der Waals surface area contributed by atoms with Crippen LogP contribution in [0.15, 0.2) is 0 Å². The number of ether oxygens (including phenoxy) is 1. The van der Waals surface area contributed by atoms with Crippen molar-refractivity contribution in [2.75, 3.05) is 27.2 Å². The summed E-state index contributed by atoms with van der Waals surface area (Å²) < 4.78 is 5.51. The number of nitrogens with zero attached hydrogens (tertiary/aromatic N) is 1. The molecular weight excluding hydrogens is 138 g/mol. The molecule has 2 heteroatoms. The number of rotatable bonds is 6. The second-order valence-corrected chi connectivity index (χ2v) is 3.25. The van der Waals surface area contributed by atoms with Crippen LogP contribution < -0.4 is 0 Å². The average Bonchev–Trinajstić information content (AvgIpc) is 1.97. The topological polar surface area (TPSA) is 12.5 Å². The molecule has 0 aromatic rings. The highest BCUT2D eigenvalue weighted by Crippen LogP contribution is 1.96. The minimum atomic E-state index is 0.428. The fraction of sp³-hybridized carbons (Fsp3) is 1.00. The smallest absolute Gasteiger partial charge is 0.0544 e. The van der Waals surface area contributed by atoms with E-state index in [1.807, 2.05) is 0 Å². The molecule has 11 heavy (non-hydrogen) atoms. The summed E-state index contributed by atoms with van der Waals surface area (Å²) in [6, 6.07) is 0. The van der Waals surface area contributed by atoms with E-state index in [0.717, 1.165) is 26.0 Å². The van der Waals surface area contributed by atoms with E-state index in [9.17, 15) is 0 Å². The Morgan fingerprint density at radius 2 is 2.00 bits per heavy atom. The van der Waals surface area contributed by atoms with Gasteiger partial charge in [-0.3, -0.25) is 0 Å². The molecule has 0 N–H and O–H groups in total. The molecule has 2 nitrogen and oxygen atoms in total. The van der Waals surface area contributed by atoms with Gasteiger partial charge in [0.15, 0.2) is 0 Å². The maximum Gasteiger partial charge on any atom is 0.0544 e. The van der Waals surface area contributed by atoms with Gasteiger partial charge < -0.3 is 9.64 Å². The molecule has 0 aromatic carbocycles. The summed E-state index contributed by atoms with van der Waals surface area (Å²) in [6.45, 7) is 6.29. The van der Waals surface area contributed by atoms with Crippen molar-refractivity contribution in [3.8, 4) is 0 Å². The zero-order valence-corrected chi connectivity index (χ0v) is 8.26. The first-order valence-corrected chi connectivity index (χ1v) is 4.43. The normalized spacial score (nSPS) is 13.9. The minimum Gasteiger partial charge on any atom is -0.378 e. The molecule has 0 fully saturated rings. The SMILES string of the molecule is CCC(C)OCCCN(C)C. The lowest BCUT2D eigenvalue weighted by atomic mass is 10.3. The number of hydrogen-bond acceptors (Lipinski definition) is 2. The van der Waals surface area contributed by atoms with Crippen LogP contribution in [0.4, 0.5) is 0 Å². The summed E-state index contributed by atoms with van der Waals surface area (Å²) >= 11 is 0. The van der Waals surface area contributed by atoms with Crippen LogP contribution >= 0.6 is 0 Å². The van der Waals surface area contributed by atoms with Crippen LogP contribution in [0.25, 0.3) is 0 Å². The maximum absolute atomic E-state index is 5.51. The van der Waals surface area contributed by atoms with E-state index < -0.39 is 0 Å². The minimum absolute atomic E-state index is 0.428. The highest BCUT2D eigenvalue weighted by molar-refractivity contribution is 4.47. The lowest BCUT2D eigenvalue weighted by molar-refractivity contribution is 0.0588. The summed E-state index contributed by atoms with van der Waals surface area (Å²) in [5, 5.41) is 0. The van der Waals surface area contributed by atoms with Crippen LogP contribution in [0, 0.1) is 0 Å².